The van der Waals surface area contributed by atoms with Crippen molar-refractivity contribution in [2.45, 2.75) is 18.6 Å². The van der Waals surface area contributed by atoms with Gasteiger partial charge in [0.1, 0.15) is 0 Å². The molecule has 0 saturated carbocycles. The number of thioether (sulfide) groups is 1. The summed E-state index contributed by atoms with van der Waals surface area (Å²) in [5.74, 6) is -0.438. The Hall–Kier alpha value is -1.63. The number of nitro groups is 1. The molecule has 0 atom stereocenters. The largest absolute Gasteiger partial charge is 0.336 e. The lowest BCUT2D eigenvalue weighted by atomic mass is 10.1. The van der Waals surface area contributed by atoms with Crippen LogP contribution in [0.25, 0.3) is 0 Å². The Kier molecular flexibility index (Phi) is 3.99. The van der Waals surface area contributed by atoms with Crippen LogP contribution in [0.3, 0.4) is 0 Å². The van der Waals surface area contributed by atoms with E-state index in [1.54, 1.807) is 16.7 Å². The van der Waals surface area contributed by atoms with Crippen molar-refractivity contribution in [3.05, 3.63) is 39.7 Å². The van der Waals surface area contributed by atoms with E-state index >= 15 is 0 Å². The van der Waals surface area contributed by atoms with Gasteiger partial charge in [-0.25, -0.2) is 0 Å². The first-order valence-corrected chi connectivity index (χ1v) is 7.16. The van der Waals surface area contributed by atoms with E-state index < -0.39 is 16.4 Å². The topological polar surface area (TPSA) is 63.5 Å². The zero-order chi connectivity index (χ0) is 14.9. The molecule has 20 heavy (non-hydrogen) atoms. The number of amides is 1. The van der Waals surface area contributed by atoms with E-state index in [9.17, 15) is 19.3 Å². The maximum atomic E-state index is 13.6. The van der Waals surface area contributed by atoms with E-state index in [0.29, 0.717) is 13.1 Å². The van der Waals surface area contributed by atoms with E-state index in [1.165, 1.54) is 6.07 Å². The van der Waals surface area contributed by atoms with Crippen LogP contribution in [-0.2, 0) is 0 Å². The lowest BCUT2D eigenvalue weighted by Crippen LogP contribution is -2.46. The van der Waals surface area contributed by atoms with Crippen LogP contribution in [0.15, 0.2) is 18.2 Å². The van der Waals surface area contributed by atoms with Gasteiger partial charge in [0, 0.05) is 35.2 Å². The summed E-state index contributed by atoms with van der Waals surface area (Å²) in [5, 5.41) is 10.6. The summed E-state index contributed by atoms with van der Waals surface area (Å²) in [6.07, 6.45) is 0. The maximum Gasteiger partial charge on any atom is 0.304 e. The Morgan fingerprint density at radius 2 is 2.20 bits per heavy atom. The van der Waals surface area contributed by atoms with Gasteiger partial charge in [0.25, 0.3) is 5.91 Å². The van der Waals surface area contributed by atoms with Gasteiger partial charge in [0.15, 0.2) is 0 Å². The number of benzene rings is 1. The molecule has 1 aliphatic rings. The van der Waals surface area contributed by atoms with Crippen molar-refractivity contribution in [1.29, 1.82) is 0 Å². The fourth-order valence-corrected chi connectivity index (χ4v) is 3.27. The Balaban J connectivity index is 2.21. The summed E-state index contributed by atoms with van der Waals surface area (Å²) in [7, 11) is 0. The van der Waals surface area contributed by atoms with Crippen LogP contribution in [0.4, 0.5) is 10.1 Å². The maximum absolute atomic E-state index is 13.6. The molecule has 0 N–H and O–H groups in total. The van der Waals surface area contributed by atoms with E-state index in [4.69, 9.17) is 0 Å². The van der Waals surface area contributed by atoms with Gasteiger partial charge in [0.2, 0.25) is 5.82 Å². The number of rotatable bonds is 2. The molecule has 1 aliphatic heterocycles. The molecule has 1 saturated heterocycles. The highest BCUT2D eigenvalue weighted by Crippen LogP contribution is 2.30. The van der Waals surface area contributed by atoms with Crippen LogP contribution in [-0.4, -0.2) is 39.3 Å². The van der Waals surface area contributed by atoms with E-state index in [2.05, 4.69) is 0 Å². The van der Waals surface area contributed by atoms with Gasteiger partial charge in [0.05, 0.1) is 4.92 Å². The summed E-state index contributed by atoms with van der Waals surface area (Å²) in [4.78, 5) is 23.7. The zero-order valence-electron chi connectivity index (χ0n) is 11.3. The molecule has 0 bridgehead atoms. The predicted octanol–water partition coefficient (Wildman–Crippen LogP) is 2.70. The highest BCUT2D eigenvalue weighted by atomic mass is 32.2. The van der Waals surface area contributed by atoms with Crippen LogP contribution >= 0.6 is 11.8 Å². The van der Waals surface area contributed by atoms with Gasteiger partial charge in [-0.2, -0.15) is 16.2 Å². The van der Waals surface area contributed by atoms with Gasteiger partial charge < -0.3 is 4.90 Å². The first kappa shape index (κ1) is 14.8. The number of hydrogen-bond acceptors (Lipinski definition) is 4. The second kappa shape index (κ2) is 5.40. The van der Waals surface area contributed by atoms with E-state index in [0.717, 1.165) is 17.9 Å². The van der Waals surface area contributed by atoms with E-state index in [1.807, 2.05) is 13.8 Å². The second-order valence-electron chi connectivity index (χ2n) is 5.26. The quantitative estimate of drug-likeness (QED) is 0.622. The SMILES string of the molecule is CC1(C)CN(C(=O)c2ccc([N+](=O)[O-])c(F)c2)CCS1. The molecule has 0 spiro atoms. The molecule has 5 nitrogen and oxygen atoms in total. The molecule has 1 aromatic carbocycles. The zero-order valence-corrected chi connectivity index (χ0v) is 12.1. The Bertz CT molecular complexity index is 563. The monoisotopic (exact) mass is 298 g/mol. The summed E-state index contributed by atoms with van der Waals surface area (Å²) in [6.45, 7) is 5.28. The molecule has 1 fully saturated rings. The lowest BCUT2D eigenvalue weighted by molar-refractivity contribution is -0.387. The van der Waals surface area contributed by atoms with Crippen molar-refractivity contribution >= 4 is 23.4 Å². The molecule has 0 aromatic heterocycles. The molecule has 7 heteroatoms. The minimum atomic E-state index is -0.980. The van der Waals surface area contributed by atoms with Gasteiger partial charge in [-0.05, 0) is 26.0 Å². The molecule has 0 unspecified atom stereocenters. The average Bonchev–Trinajstić information content (AvgIpc) is 2.36. The molecule has 0 radical (unpaired) electrons. The van der Waals surface area contributed by atoms with Crippen molar-refractivity contribution in [3.8, 4) is 0 Å². The van der Waals surface area contributed by atoms with Crippen molar-refractivity contribution in [3.63, 3.8) is 0 Å². The molecule has 1 amide bonds. The van der Waals surface area contributed by atoms with Gasteiger partial charge in [-0.15, -0.1) is 0 Å². The van der Waals surface area contributed by atoms with Crippen LogP contribution in [0.2, 0.25) is 0 Å². The summed E-state index contributed by atoms with van der Waals surface area (Å²) in [6, 6.07) is 3.28. The smallest absolute Gasteiger partial charge is 0.304 e. The average molecular weight is 298 g/mol. The molecular weight excluding hydrogens is 283 g/mol. The van der Waals surface area contributed by atoms with Crippen molar-refractivity contribution in [1.82, 2.24) is 4.90 Å². The Morgan fingerprint density at radius 3 is 2.75 bits per heavy atom. The molecule has 1 heterocycles. The Morgan fingerprint density at radius 1 is 1.50 bits per heavy atom. The minimum absolute atomic E-state index is 0.0345. The first-order chi connectivity index (χ1) is 9.30. The standard InChI is InChI=1S/C13H15FN2O3S/c1-13(2)8-15(5-6-20-13)12(17)9-3-4-11(16(18)19)10(14)7-9/h3-4,7H,5-6,8H2,1-2H3. The molecule has 2 rings (SSSR count). The lowest BCUT2D eigenvalue weighted by Gasteiger charge is -2.37. The fourth-order valence-electron chi connectivity index (χ4n) is 2.16. The summed E-state index contributed by atoms with van der Waals surface area (Å²) >= 11 is 1.79. The predicted molar refractivity (Wildman–Crippen MR) is 75.5 cm³/mol. The first-order valence-electron chi connectivity index (χ1n) is 6.17. The molecule has 0 aliphatic carbocycles. The highest BCUT2D eigenvalue weighted by Gasteiger charge is 2.30. The van der Waals surface area contributed by atoms with Crippen LogP contribution in [0.5, 0.6) is 0 Å². The highest BCUT2D eigenvalue weighted by molar-refractivity contribution is 8.00. The number of carbonyl (C=O) groups is 1. The number of nitrogens with zero attached hydrogens (tertiary/aromatic N) is 2. The van der Waals surface area contributed by atoms with Gasteiger partial charge >= 0.3 is 5.69 Å². The Labute approximate surface area is 120 Å². The van der Waals surface area contributed by atoms with Crippen LogP contribution in [0, 0.1) is 15.9 Å². The minimum Gasteiger partial charge on any atom is -0.336 e. The normalized spacial score (nSPS) is 17.9. The fraction of sp³-hybridized carbons (Fsp3) is 0.462. The molecule has 1 aromatic rings. The molecular formula is C13H15FN2O3S. The number of hydrogen-bond donors (Lipinski definition) is 0. The third-order valence-electron chi connectivity index (χ3n) is 3.10. The molecule has 108 valence electrons. The second-order valence-corrected chi connectivity index (χ2v) is 7.06. The van der Waals surface area contributed by atoms with Crippen LogP contribution in [0.1, 0.15) is 24.2 Å². The summed E-state index contributed by atoms with van der Waals surface area (Å²) in [5.41, 5.74) is -0.466. The van der Waals surface area contributed by atoms with Gasteiger partial charge in [-0.3, -0.25) is 14.9 Å². The van der Waals surface area contributed by atoms with Crippen molar-refractivity contribution in [2.75, 3.05) is 18.8 Å². The van der Waals surface area contributed by atoms with Crippen LogP contribution < -0.4 is 0 Å². The number of halogens is 1. The number of nitro benzene ring substituents is 1. The third-order valence-corrected chi connectivity index (χ3v) is 4.40. The number of carbonyl (C=O) groups excluding carboxylic acids is 1. The van der Waals surface area contributed by atoms with Crippen molar-refractivity contribution < 1.29 is 14.1 Å². The van der Waals surface area contributed by atoms with Crippen molar-refractivity contribution in [2.24, 2.45) is 0 Å². The van der Waals surface area contributed by atoms with Gasteiger partial charge in [-0.1, -0.05) is 0 Å². The summed E-state index contributed by atoms with van der Waals surface area (Å²) < 4.78 is 13.5. The third kappa shape index (κ3) is 3.09. The van der Waals surface area contributed by atoms with E-state index in [-0.39, 0.29) is 16.2 Å².